The molecule has 2 nitrogen and oxygen atoms in total. The molecule has 0 radical (unpaired) electrons. The summed E-state index contributed by atoms with van der Waals surface area (Å²) in [6.07, 6.45) is 2.24. The molecule has 4 atom stereocenters. The van der Waals surface area contributed by atoms with E-state index < -0.39 is 11.6 Å². The second-order valence-electron chi connectivity index (χ2n) is 5.93. The van der Waals surface area contributed by atoms with E-state index in [0.29, 0.717) is 11.8 Å². The Balaban J connectivity index is 0.00000147. The number of halogens is 3. The van der Waals surface area contributed by atoms with Crippen LogP contribution in [-0.4, -0.2) is 24.0 Å². The maximum atomic E-state index is 13.8. The standard InChI is InChI=1S/C15H20F2N2.ClH/c1-9(15-12(16)3-2-4-13(15)17)19-7-10-5-6-14(18)11(10)8-19;/h2-4,9-11,14H,5-8,18H2,1H3;1H. The lowest BCUT2D eigenvalue weighted by atomic mass is 9.98. The highest BCUT2D eigenvalue weighted by Crippen LogP contribution is 2.40. The van der Waals surface area contributed by atoms with Gasteiger partial charge in [-0.3, -0.25) is 4.90 Å². The van der Waals surface area contributed by atoms with Gasteiger partial charge < -0.3 is 5.73 Å². The number of hydrogen-bond acceptors (Lipinski definition) is 2. The Labute approximate surface area is 124 Å². The minimum absolute atomic E-state index is 0. The maximum absolute atomic E-state index is 13.8. The minimum atomic E-state index is -0.450. The number of likely N-dealkylation sites (tertiary alicyclic amines) is 1. The lowest BCUT2D eigenvalue weighted by molar-refractivity contribution is 0.229. The Bertz CT molecular complexity index is 463. The van der Waals surface area contributed by atoms with Gasteiger partial charge in [-0.05, 0) is 43.7 Å². The molecule has 1 aliphatic carbocycles. The molecule has 0 aromatic heterocycles. The van der Waals surface area contributed by atoms with Gasteiger partial charge in [0.2, 0.25) is 0 Å². The van der Waals surface area contributed by atoms with Crippen molar-refractivity contribution >= 4 is 12.4 Å². The van der Waals surface area contributed by atoms with Gasteiger partial charge in [0.1, 0.15) is 11.6 Å². The SMILES string of the molecule is CC(c1c(F)cccc1F)N1CC2CCC(N)C2C1.Cl. The first-order chi connectivity index (χ1) is 9.08. The lowest BCUT2D eigenvalue weighted by Crippen LogP contribution is -2.32. The van der Waals surface area contributed by atoms with E-state index in [2.05, 4.69) is 4.90 Å². The Hall–Kier alpha value is -0.710. The maximum Gasteiger partial charge on any atom is 0.130 e. The number of nitrogens with zero attached hydrogens (tertiary/aromatic N) is 1. The van der Waals surface area contributed by atoms with E-state index in [9.17, 15) is 8.78 Å². The van der Waals surface area contributed by atoms with Crippen LogP contribution < -0.4 is 5.73 Å². The van der Waals surface area contributed by atoms with Crippen molar-refractivity contribution in [3.63, 3.8) is 0 Å². The first-order valence-electron chi connectivity index (χ1n) is 7.01. The molecule has 2 N–H and O–H groups in total. The van der Waals surface area contributed by atoms with Crippen LogP contribution in [0.1, 0.15) is 31.4 Å². The summed E-state index contributed by atoms with van der Waals surface area (Å²) in [5, 5.41) is 0. The van der Waals surface area contributed by atoms with Crippen LogP contribution in [0.5, 0.6) is 0 Å². The number of fused-ring (bicyclic) bond motifs is 1. The molecule has 3 rings (SSSR count). The normalized spacial score (nSPS) is 30.9. The van der Waals surface area contributed by atoms with Crippen LogP contribution in [0, 0.1) is 23.5 Å². The van der Waals surface area contributed by atoms with Crippen molar-refractivity contribution in [1.29, 1.82) is 0 Å². The summed E-state index contributed by atoms with van der Waals surface area (Å²) < 4.78 is 27.7. The lowest BCUT2D eigenvalue weighted by Gasteiger charge is -2.26. The van der Waals surface area contributed by atoms with E-state index in [1.807, 2.05) is 6.92 Å². The molecule has 20 heavy (non-hydrogen) atoms. The van der Waals surface area contributed by atoms with Gasteiger partial charge in [-0.25, -0.2) is 8.78 Å². The van der Waals surface area contributed by atoms with Gasteiger partial charge in [0, 0.05) is 30.7 Å². The van der Waals surface area contributed by atoms with Crippen LogP contribution in [-0.2, 0) is 0 Å². The van der Waals surface area contributed by atoms with Crippen molar-refractivity contribution in [3.8, 4) is 0 Å². The molecule has 1 aromatic rings. The summed E-state index contributed by atoms with van der Waals surface area (Å²) in [5.74, 6) is 0.201. The van der Waals surface area contributed by atoms with Gasteiger partial charge in [-0.1, -0.05) is 6.07 Å². The molecule has 1 saturated heterocycles. The molecule has 1 aliphatic heterocycles. The summed E-state index contributed by atoms with van der Waals surface area (Å²) in [6.45, 7) is 3.65. The third-order valence-electron chi connectivity index (χ3n) is 4.91. The van der Waals surface area contributed by atoms with Crippen molar-refractivity contribution in [2.75, 3.05) is 13.1 Å². The predicted octanol–water partition coefficient (Wildman–Crippen LogP) is 3.12. The zero-order chi connectivity index (χ0) is 13.6. The topological polar surface area (TPSA) is 29.3 Å². The molecule has 1 heterocycles. The predicted molar refractivity (Wildman–Crippen MR) is 77.8 cm³/mol. The Morgan fingerprint density at radius 2 is 1.85 bits per heavy atom. The fourth-order valence-corrected chi connectivity index (χ4v) is 3.75. The van der Waals surface area contributed by atoms with Crippen LogP contribution >= 0.6 is 12.4 Å². The third kappa shape index (κ3) is 2.57. The van der Waals surface area contributed by atoms with Crippen molar-refractivity contribution in [2.45, 2.75) is 31.8 Å². The molecule has 2 fully saturated rings. The molecule has 1 aromatic carbocycles. The van der Waals surface area contributed by atoms with Crippen molar-refractivity contribution < 1.29 is 8.78 Å². The first-order valence-corrected chi connectivity index (χ1v) is 7.01. The van der Waals surface area contributed by atoms with Gasteiger partial charge in [0.25, 0.3) is 0 Å². The van der Waals surface area contributed by atoms with Crippen LogP contribution in [0.15, 0.2) is 18.2 Å². The second-order valence-corrected chi connectivity index (χ2v) is 5.93. The van der Waals surface area contributed by atoms with Gasteiger partial charge in [0.05, 0.1) is 0 Å². The number of nitrogens with two attached hydrogens (primary N) is 1. The first kappa shape index (κ1) is 15.7. The monoisotopic (exact) mass is 302 g/mol. The van der Waals surface area contributed by atoms with Crippen LogP contribution in [0.3, 0.4) is 0 Å². The van der Waals surface area contributed by atoms with E-state index in [1.54, 1.807) is 0 Å². The molecular weight excluding hydrogens is 282 g/mol. The Morgan fingerprint density at radius 1 is 1.20 bits per heavy atom. The smallest absolute Gasteiger partial charge is 0.130 e. The highest BCUT2D eigenvalue weighted by Gasteiger charge is 2.42. The average Bonchev–Trinajstić information content (AvgIpc) is 2.92. The van der Waals surface area contributed by atoms with Crippen LogP contribution in [0.4, 0.5) is 8.78 Å². The fourth-order valence-electron chi connectivity index (χ4n) is 3.75. The quantitative estimate of drug-likeness (QED) is 0.909. The fraction of sp³-hybridized carbons (Fsp3) is 0.600. The molecule has 0 bridgehead atoms. The van der Waals surface area contributed by atoms with Crippen molar-refractivity contribution in [1.82, 2.24) is 4.90 Å². The van der Waals surface area contributed by atoms with E-state index >= 15 is 0 Å². The summed E-state index contributed by atoms with van der Waals surface area (Å²) in [6, 6.07) is 4.11. The van der Waals surface area contributed by atoms with Gasteiger partial charge in [-0.2, -0.15) is 0 Å². The summed E-state index contributed by atoms with van der Waals surface area (Å²) >= 11 is 0. The highest BCUT2D eigenvalue weighted by atomic mass is 35.5. The molecule has 4 unspecified atom stereocenters. The van der Waals surface area contributed by atoms with E-state index in [-0.39, 0.29) is 30.1 Å². The molecule has 0 spiro atoms. The van der Waals surface area contributed by atoms with Gasteiger partial charge in [-0.15, -0.1) is 12.4 Å². The number of hydrogen-bond donors (Lipinski definition) is 1. The Kier molecular flexibility index (Phi) is 4.67. The molecule has 5 heteroatoms. The summed E-state index contributed by atoms with van der Waals surface area (Å²) in [4.78, 5) is 2.18. The molecule has 1 saturated carbocycles. The third-order valence-corrected chi connectivity index (χ3v) is 4.91. The van der Waals surface area contributed by atoms with E-state index in [4.69, 9.17) is 5.73 Å². The largest absolute Gasteiger partial charge is 0.327 e. The van der Waals surface area contributed by atoms with Crippen LogP contribution in [0.2, 0.25) is 0 Å². The minimum Gasteiger partial charge on any atom is -0.327 e. The summed E-state index contributed by atoms with van der Waals surface area (Å²) in [7, 11) is 0. The van der Waals surface area contributed by atoms with Crippen molar-refractivity contribution in [3.05, 3.63) is 35.4 Å². The van der Waals surface area contributed by atoms with E-state index in [1.165, 1.54) is 18.2 Å². The molecule has 0 amide bonds. The number of rotatable bonds is 2. The van der Waals surface area contributed by atoms with Crippen molar-refractivity contribution in [2.24, 2.45) is 17.6 Å². The summed E-state index contributed by atoms with van der Waals surface area (Å²) in [5.41, 5.74) is 6.30. The second kappa shape index (κ2) is 5.96. The van der Waals surface area contributed by atoms with E-state index in [0.717, 1.165) is 25.9 Å². The van der Waals surface area contributed by atoms with Crippen LogP contribution in [0.25, 0.3) is 0 Å². The zero-order valence-corrected chi connectivity index (χ0v) is 12.4. The van der Waals surface area contributed by atoms with Gasteiger partial charge >= 0.3 is 0 Å². The Morgan fingerprint density at radius 3 is 2.45 bits per heavy atom. The molecular formula is C15H21ClF2N2. The zero-order valence-electron chi connectivity index (χ0n) is 11.6. The molecule has 2 aliphatic rings. The molecule has 112 valence electrons. The number of benzene rings is 1. The van der Waals surface area contributed by atoms with Gasteiger partial charge in [0.15, 0.2) is 0 Å². The average molecular weight is 303 g/mol. The highest BCUT2D eigenvalue weighted by molar-refractivity contribution is 5.85.